The SMILES string of the molecule is CC(=O)C1CCC2C3CCC4=C(SCCC(=O)NCCCCCC(=O)NCCCCCC(=O)ON5C(=O)CCC5=O)C(=O)CC[C@]4(C)C3CC[C@]12C. The maximum Gasteiger partial charge on any atom is 0.333 e. The van der Waals surface area contributed by atoms with Crippen LogP contribution in [0.25, 0.3) is 0 Å². The Morgan fingerprint density at radius 1 is 0.750 bits per heavy atom. The van der Waals surface area contributed by atoms with E-state index in [2.05, 4.69) is 24.5 Å². The number of ketones is 2. The van der Waals surface area contributed by atoms with E-state index < -0.39 is 17.8 Å². The van der Waals surface area contributed by atoms with Gasteiger partial charge in [-0.1, -0.05) is 26.7 Å². The van der Waals surface area contributed by atoms with Crippen molar-refractivity contribution in [2.45, 2.75) is 143 Å². The van der Waals surface area contributed by atoms with Gasteiger partial charge in [0.1, 0.15) is 5.78 Å². The van der Waals surface area contributed by atoms with Crippen LogP contribution in [-0.4, -0.2) is 65.1 Å². The van der Waals surface area contributed by atoms with Gasteiger partial charge in [0.25, 0.3) is 11.8 Å². The molecule has 0 radical (unpaired) electrons. The molecular formula is C40H59N3O8S. The number of carbonyl (C=O) groups is 7. The van der Waals surface area contributed by atoms with Crippen LogP contribution in [0.2, 0.25) is 0 Å². The zero-order chi connectivity index (χ0) is 37.5. The Hall–Kier alpha value is -3.02. The van der Waals surface area contributed by atoms with E-state index in [9.17, 15) is 33.6 Å². The number of amides is 4. The average molecular weight is 742 g/mol. The molecule has 0 aromatic rings. The first-order valence-electron chi connectivity index (χ1n) is 19.8. The van der Waals surface area contributed by atoms with Crippen molar-refractivity contribution >= 4 is 52.9 Å². The van der Waals surface area contributed by atoms with E-state index in [0.717, 1.165) is 69.1 Å². The number of unbranched alkanes of at least 4 members (excludes halogenated alkanes) is 4. The van der Waals surface area contributed by atoms with E-state index in [0.29, 0.717) is 86.0 Å². The minimum Gasteiger partial charge on any atom is -0.356 e. The highest BCUT2D eigenvalue weighted by molar-refractivity contribution is 8.04. The number of hydrogen-bond donors (Lipinski definition) is 2. The molecule has 5 aliphatic rings. The first-order chi connectivity index (χ1) is 24.8. The van der Waals surface area contributed by atoms with Crippen molar-refractivity contribution in [1.82, 2.24) is 15.7 Å². The second kappa shape index (κ2) is 17.9. The summed E-state index contributed by atoms with van der Waals surface area (Å²) < 4.78 is 0. The van der Waals surface area contributed by atoms with Gasteiger partial charge in [-0.2, -0.15) is 0 Å². The second-order valence-corrected chi connectivity index (χ2v) is 17.4. The van der Waals surface area contributed by atoms with Crippen molar-refractivity contribution in [3.05, 3.63) is 10.5 Å². The molecule has 1 aliphatic heterocycles. The van der Waals surface area contributed by atoms with E-state index in [1.54, 1.807) is 18.7 Å². The molecule has 0 bridgehead atoms. The number of rotatable bonds is 18. The van der Waals surface area contributed by atoms with Crippen LogP contribution in [0.4, 0.5) is 0 Å². The number of nitrogens with one attached hydrogen (secondary N) is 2. The van der Waals surface area contributed by atoms with Gasteiger partial charge in [-0.05, 0) is 112 Å². The maximum atomic E-state index is 13.2. The zero-order valence-electron chi connectivity index (χ0n) is 31.5. The minimum atomic E-state index is -0.607. The fourth-order valence-corrected chi connectivity index (χ4v) is 11.6. The molecule has 3 saturated carbocycles. The lowest BCUT2D eigenvalue weighted by Gasteiger charge is -2.58. The monoisotopic (exact) mass is 741 g/mol. The van der Waals surface area contributed by atoms with Gasteiger partial charge in [-0.15, -0.1) is 16.8 Å². The first kappa shape index (κ1) is 40.2. The molecule has 288 valence electrons. The highest BCUT2D eigenvalue weighted by Crippen LogP contribution is 2.67. The third kappa shape index (κ3) is 9.19. The quantitative estimate of drug-likeness (QED) is 0.125. The van der Waals surface area contributed by atoms with Crippen LogP contribution in [0.5, 0.6) is 0 Å². The average Bonchev–Trinajstić information content (AvgIpc) is 3.63. The minimum absolute atomic E-state index is 0.00955. The lowest BCUT2D eigenvalue weighted by atomic mass is 9.46. The second-order valence-electron chi connectivity index (χ2n) is 16.3. The topological polar surface area (TPSA) is 156 Å². The maximum absolute atomic E-state index is 13.2. The highest BCUT2D eigenvalue weighted by Gasteiger charge is 2.60. The van der Waals surface area contributed by atoms with Crippen molar-refractivity contribution in [2.75, 3.05) is 18.8 Å². The van der Waals surface area contributed by atoms with Gasteiger partial charge in [-0.25, -0.2) is 4.79 Å². The number of thioether (sulfide) groups is 1. The molecule has 0 aromatic carbocycles. The number of carbonyl (C=O) groups excluding carboxylic acids is 7. The number of nitrogens with zero attached hydrogens (tertiary/aromatic N) is 1. The molecule has 0 aromatic heterocycles. The predicted molar refractivity (Wildman–Crippen MR) is 197 cm³/mol. The molecule has 1 saturated heterocycles. The highest BCUT2D eigenvalue weighted by atomic mass is 32.2. The number of Topliss-reactive ketones (excluding diaryl/α,β-unsaturated/α-hetero) is 2. The Morgan fingerprint density at radius 2 is 1.40 bits per heavy atom. The van der Waals surface area contributed by atoms with E-state index >= 15 is 0 Å². The summed E-state index contributed by atoms with van der Waals surface area (Å²) in [5.41, 5.74) is 1.51. The molecule has 5 rings (SSSR count). The Kier molecular flexibility index (Phi) is 13.8. The van der Waals surface area contributed by atoms with Crippen molar-refractivity contribution in [2.24, 2.45) is 34.5 Å². The van der Waals surface area contributed by atoms with Crippen LogP contribution in [0.1, 0.15) is 143 Å². The van der Waals surface area contributed by atoms with Crippen LogP contribution < -0.4 is 10.6 Å². The van der Waals surface area contributed by atoms with Crippen LogP contribution in [0.15, 0.2) is 10.5 Å². The molecule has 2 N–H and O–H groups in total. The third-order valence-electron chi connectivity index (χ3n) is 13.1. The zero-order valence-corrected chi connectivity index (χ0v) is 32.3. The Balaban J connectivity index is 0.921. The molecule has 11 nitrogen and oxygen atoms in total. The number of hydrogen-bond acceptors (Lipinski definition) is 9. The molecular weight excluding hydrogens is 683 g/mol. The number of fused-ring (bicyclic) bond motifs is 5. The van der Waals surface area contributed by atoms with Gasteiger partial charge in [0.05, 0.1) is 4.91 Å². The van der Waals surface area contributed by atoms with Crippen molar-refractivity contribution in [3.63, 3.8) is 0 Å². The van der Waals surface area contributed by atoms with E-state index in [-0.39, 0.29) is 53.6 Å². The Labute approximate surface area is 312 Å². The summed E-state index contributed by atoms with van der Waals surface area (Å²) in [6.07, 6.45) is 13.3. The number of allylic oxidation sites excluding steroid dienone is 1. The summed E-state index contributed by atoms with van der Waals surface area (Å²) in [5, 5.41) is 6.44. The van der Waals surface area contributed by atoms with Crippen molar-refractivity contribution in [3.8, 4) is 0 Å². The molecule has 52 heavy (non-hydrogen) atoms. The molecule has 4 fully saturated rings. The Bertz CT molecular complexity index is 1430. The van der Waals surface area contributed by atoms with Crippen LogP contribution in [-0.2, 0) is 38.4 Å². The lowest BCUT2D eigenvalue weighted by molar-refractivity contribution is -0.197. The normalized spacial score (nSPS) is 29.8. The van der Waals surface area contributed by atoms with Gasteiger partial charge >= 0.3 is 5.97 Å². The van der Waals surface area contributed by atoms with E-state index in [1.807, 2.05) is 0 Å². The fourth-order valence-electron chi connectivity index (χ4n) is 10.3. The van der Waals surface area contributed by atoms with Gasteiger partial charge < -0.3 is 15.5 Å². The summed E-state index contributed by atoms with van der Waals surface area (Å²) in [5.74, 6) is 1.57. The molecule has 6 atom stereocenters. The summed E-state index contributed by atoms with van der Waals surface area (Å²) >= 11 is 1.58. The van der Waals surface area contributed by atoms with Crippen LogP contribution in [0.3, 0.4) is 0 Å². The smallest absolute Gasteiger partial charge is 0.333 e. The molecule has 12 heteroatoms. The van der Waals surface area contributed by atoms with Crippen molar-refractivity contribution in [1.29, 1.82) is 0 Å². The molecule has 0 spiro atoms. The fraction of sp³-hybridized carbons (Fsp3) is 0.775. The van der Waals surface area contributed by atoms with Gasteiger partial charge in [0.15, 0.2) is 5.78 Å². The van der Waals surface area contributed by atoms with Gasteiger partial charge in [0, 0.05) is 63.3 Å². The predicted octanol–water partition coefficient (Wildman–Crippen LogP) is 6.13. The summed E-state index contributed by atoms with van der Waals surface area (Å²) in [7, 11) is 0. The van der Waals surface area contributed by atoms with Crippen LogP contribution in [0, 0.1) is 34.5 Å². The number of imide groups is 1. The Morgan fingerprint density at radius 3 is 2.08 bits per heavy atom. The molecule has 4 amide bonds. The summed E-state index contributed by atoms with van der Waals surface area (Å²) in [4.78, 5) is 91.1. The largest absolute Gasteiger partial charge is 0.356 e. The summed E-state index contributed by atoms with van der Waals surface area (Å²) in [6, 6.07) is 0. The van der Waals surface area contributed by atoms with Crippen LogP contribution >= 0.6 is 11.8 Å². The number of hydroxylamine groups is 2. The lowest BCUT2D eigenvalue weighted by Crippen LogP contribution is -2.51. The van der Waals surface area contributed by atoms with Gasteiger partial charge in [-0.3, -0.25) is 28.8 Å². The third-order valence-corrected chi connectivity index (χ3v) is 14.3. The first-order valence-corrected chi connectivity index (χ1v) is 20.8. The van der Waals surface area contributed by atoms with Gasteiger partial charge in [0.2, 0.25) is 11.8 Å². The standard InChI is InChI=1S/C40H59N3O8S/c1-26(44)28-14-15-29-27-12-13-31-38(32(45)19-22-40(31,3)30(27)18-21-39(28,29)2)52-25-20-34(47)42-24-8-4-6-10-33(46)41-23-9-5-7-11-37(50)51-43-35(48)16-17-36(43)49/h27-30H,4-25H2,1-3H3,(H,41,46)(H,42,47)/t27?,28?,29?,30?,39-,40-/m1/s1. The van der Waals surface area contributed by atoms with E-state index in [1.165, 1.54) is 5.57 Å². The summed E-state index contributed by atoms with van der Waals surface area (Å²) in [6.45, 7) is 7.63. The molecule has 4 unspecified atom stereocenters. The molecule has 4 aliphatic carbocycles. The van der Waals surface area contributed by atoms with E-state index in [4.69, 9.17) is 4.84 Å². The van der Waals surface area contributed by atoms with Crippen molar-refractivity contribution < 1.29 is 38.4 Å². The molecule has 1 heterocycles.